The van der Waals surface area contributed by atoms with Crippen molar-refractivity contribution in [3.05, 3.63) is 41.8 Å². The van der Waals surface area contributed by atoms with Crippen molar-refractivity contribution < 1.29 is 27.9 Å². The molecular formula is C23H30FN3O5. The molecule has 1 amide bonds. The summed E-state index contributed by atoms with van der Waals surface area (Å²) in [5.74, 6) is 1.56. The lowest BCUT2D eigenvalue weighted by molar-refractivity contribution is -0.138. The minimum Gasteiger partial charge on any atom is -0.484 e. The number of ether oxygens (including phenoxy) is 3. The first kappa shape index (κ1) is 22.7. The molecule has 2 aliphatic heterocycles. The lowest BCUT2D eigenvalue weighted by Gasteiger charge is -2.33. The lowest BCUT2D eigenvalue weighted by Crippen LogP contribution is -2.41. The van der Waals surface area contributed by atoms with Crippen LogP contribution in [-0.2, 0) is 20.7 Å². The van der Waals surface area contributed by atoms with Crippen LogP contribution in [0.1, 0.15) is 49.9 Å². The summed E-state index contributed by atoms with van der Waals surface area (Å²) >= 11 is 0. The second-order valence-corrected chi connectivity index (χ2v) is 8.27. The molecule has 0 bridgehead atoms. The average Bonchev–Trinajstić information content (AvgIpc) is 3.31. The highest BCUT2D eigenvalue weighted by molar-refractivity contribution is 5.78. The third-order valence-electron chi connectivity index (χ3n) is 5.93. The molecule has 4 rings (SSSR count). The van der Waals surface area contributed by atoms with Crippen molar-refractivity contribution in [2.45, 2.75) is 44.6 Å². The first-order chi connectivity index (χ1) is 15.7. The zero-order chi connectivity index (χ0) is 22.2. The minimum absolute atomic E-state index is 0.122. The summed E-state index contributed by atoms with van der Waals surface area (Å²) in [4.78, 5) is 19.1. The molecule has 9 heteroatoms. The third kappa shape index (κ3) is 6.26. The molecule has 8 nitrogen and oxygen atoms in total. The van der Waals surface area contributed by atoms with Crippen LogP contribution >= 0.6 is 0 Å². The van der Waals surface area contributed by atoms with Gasteiger partial charge < -0.3 is 23.6 Å². The first-order valence-corrected chi connectivity index (χ1v) is 11.3. The van der Waals surface area contributed by atoms with E-state index in [1.54, 1.807) is 4.90 Å². The number of rotatable bonds is 9. The van der Waals surface area contributed by atoms with E-state index in [4.69, 9.17) is 18.7 Å². The highest BCUT2D eigenvalue weighted by atomic mass is 19.1. The summed E-state index contributed by atoms with van der Waals surface area (Å²) in [5.41, 5.74) is 0. The molecule has 0 aliphatic carbocycles. The van der Waals surface area contributed by atoms with E-state index in [1.165, 1.54) is 24.3 Å². The van der Waals surface area contributed by atoms with Crippen molar-refractivity contribution in [1.29, 1.82) is 0 Å². The smallest absolute Gasteiger partial charge is 0.261 e. The quantitative estimate of drug-likeness (QED) is 0.545. The molecule has 3 heterocycles. The van der Waals surface area contributed by atoms with Crippen LogP contribution in [0.3, 0.4) is 0 Å². The van der Waals surface area contributed by atoms with Crippen LogP contribution in [0.2, 0.25) is 0 Å². The summed E-state index contributed by atoms with van der Waals surface area (Å²) in [7, 11) is 0. The maximum atomic E-state index is 13.0. The molecule has 1 aromatic heterocycles. The number of piperidine rings is 1. The summed E-state index contributed by atoms with van der Waals surface area (Å²) in [5, 5.41) is 4.08. The summed E-state index contributed by atoms with van der Waals surface area (Å²) < 4.78 is 35.2. The highest BCUT2D eigenvalue weighted by Gasteiger charge is 2.32. The van der Waals surface area contributed by atoms with Crippen LogP contribution in [-0.4, -0.2) is 60.5 Å². The van der Waals surface area contributed by atoms with E-state index in [2.05, 4.69) is 10.1 Å². The maximum Gasteiger partial charge on any atom is 0.261 e. The molecule has 2 aliphatic rings. The topological polar surface area (TPSA) is 86.9 Å². The van der Waals surface area contributed by atoms with Gasteiger partial charge in [0.2, 0.25) is 5.89 Å². The van der Waals surface area contributed by atoms with Crippen LogP contribution in [0.5, 0.6) is 5.75 Å². The molecule has 0 spiro atoms. The summed E-state index contributed by atoms with van der Waals surface area (Å²) in [6.45, 7) is 3.38. The molecule has 32 heavy (non-hydrogen) atoms. The predicted molar refractivity (Wildman–Crippen MR) is 113 cm³/mol. The van der Waals surface area contributed by atoms with Gasteiger partial charge in [0.1, 0.15) is 17.6 Å². The largest absolute Gasteiger partial charge is 0.484 e. The highest BCUT2D eigenvalue weighted by Crippen LogP contribution is 2.30. The normalized spacial score (nSPS) is 19.8. The van der Waals surface area contributed by atoms with Gasteiger partial charge in [-0.25, -0.2) is 4.39 Å². The number of carbonyl (C=O) groups is 1. The SMILES string of the molecule is O=C(COc1ccc(F)cc1)N1CCCCC1c1nc(CCOCC2CCOCC2)no1. The van der Waals surface area contributed by atoms with Crippen molar-refractivity contribution in [3.8, 4) is 5.75 Å². The first-order valence-electron chi connectivity index (χ1n) is 11.3. The van der Waals surface area contributed by atoms with Gasteiger partial charge in [-0.3, -0.25) is 4.79 Å². The van der Waals surface area contributed by atoms with Gasteiger partial charge >= 0.3 is 0 Å². The van der Waals surface area contributed by atoms with Crippen molar-refractivity contribution in [2.24, 2.45) is 5.92 Å². The lowest BCUT2D eigenvalue weighted by atomic mass is 10.0. The fourth-order valence-electron chi connectivity index (χ4n) is 4.08. The molecule has 2 fully saturated rings. The molecule has 1 unspecified atom stereocenters. The Kier molecular flexibility index (Phi) is 8.06. The van der Waals surface area contributed by atoms with Gasteiger partial charge in [-0.15, -0.1) is 0 Å². The Morgan fingerprint density at radius 1 is 1.16 bits per heavy atom. The molecule has 0 saturated carbocycles. The Bertz CT molecular complexity index is 854. The summed E-state index contributed by atoms with van der Waals surface area (Å²) in [6.07, 6.45) is 5.33. The number of aromatic nitrogens is 2. The number of hydrogen-bond acceptors (Lipinski definition) is 7. The van der Waals surface area contributed by atoms with Gasteiger partial charge in [0.15, 0.2) is 12.4 Å². The molecule has 0 N–H and O–H groups in total. The number of carbonyl (C=O) groups excluding carboxylic acids is 1. The number of benzene rings is 1. The van der Waals surface area contributed by atoms with Crippen LogP contribution in [0.25, 0.3) is 0 Å². The second kappa shape index (κ2) is 11.4. The standard InChI is InChI=1S/C23H30FN3O5/c24-18-4-6-19(7-5-18)31-16-22(28)27-11-2-1-3-20(27)23-25-21(26-32-23)10-14-30-15-17-8-12-29-13-9-17/h4-7,17,20H,1-3,8-16H2. The second-order valence-electron chi connectivity index (χ2n) is 8.27. The number of hydrogen-bond donors (Lipinski definition) is 0. The van der Waals surface area contributed by atoms with E-state index in [-0.39, 0.29) is 24.4 Å². The van der Waals surface area contributed by atoms with Gasteiger partial charge in [-0.2, -0.15) is 4.98 Å². The van der Waals surface area contributed by atoms with Crippen LogP contribution in [0, 0.1) is 11.7 Å². The maximum absolute atomic E-state index is 13.0. The number of likely N-dealkylation sites (tertiary alicyclic amines) is 1. The zero-order valence-corrected chi connectivity index (χ0v) is 18.2. The summed E-state index contributed by atoms with van der Waals surface area (Å²) in [6, 6.07) is 5.36. The number of nitrogens with zero attached hydrogens (tertiary/aromatic N) is 3. The molecule has 0 radical (unpaired) electrons. The predicted octanol–water partition coefficient (Wildman–Crippen LogP) is 3.33. The van der Waals surface area contributed by atoms with Gasteiger partial charge in [-0.1, -0.05) is 5.16 Å². The Hall–Kier alpha value is -2.52. The molecule has 2 saturated heterocycles. The average molecular weight is 448 g/mol. The zero-order valence-electron chi connectivity index (χ0n) is 18.2. The third-order valence-corrected chi connectivity index (χ3v) is 5.93. The van der Waals surface area contributed by atoms with Crippen molar-refractivity contribution in [2.75, 3.05) is 39.6 Å². The number of amides is 1. The monoisotopic (exact) mass is 447 g/mol. The molecule has 1 atom stereocenters. The van der Waals surface area contributed by atoms with Crippen molar-refractivity contribution in [1.82, 2.24) is 15.0 Å². The van der Waals surface area contributed by atoms with E-state index in [9.17, 15) is 9.18 Å². The van der Waals surface area contributed by atoms with E-state index in [0.29, 0.717) is 43.0 Å². The minimum atomic E-state index is -0.346. The Morgan fingerprint density at radius 3 is 2.78 bits per heavy atom. The van der Waals surface area contributed by atoms with E-state index in [0.717, 1.165) is 51.9 Å². The van der Waals surface area contributed by atoms with E-state index in [1.807, 2.05) is 0 Å². The fourth-order valence-corrected chi connectivity index (χ4v) is 4.08. The molecular weight excluding hydrogens is 417 g/mol. The fraction of sp³-hybridized carbons (Fsp3) is 0.609. The van der Waals surface area contributed by atoms with Crippen molar-refractivity contribution in [3.63, 3.8) is 0 Å². The van der Waals surface area contributed by atoms with Gasteiger partial charge in [0.25, 0.3) is 5.91 Å². The number of halogens is 1. The van der Waals surface area contributed by atoms with Gasteiger partial charge in [0, 0.05) is 32.8 Å². The van der Waals surface area contributed by atoms with E-state index < -0.39 is 0 Å². The Balaban J connectivity index is 1.26. The molecule has 2 aromatic rings. The van der Waals surface area contributed by atoms with E-state index >= 15 is 0 Å². The molecule has 1 aromatic carbocycles. The van der Waals surface area contributed by atoms with Crippen LogP contribution < -0.4 is 4.74 Å². The van der Waals surface area contributed by atoms with Gasteiger partial charge in [0.05, 0.1) is 6.61 Å². The Morgan fingerprint density at radius 2 is 1.97 bits per heavy atom. The van der Waals surface area contributed by atoms with Gasteiger partial charge in [-0.05, 0) is 62.3 Å². The van der Waals surface area contributed by atoms with Crippen molar-refractivity contribution >= 4 is 5.91 Å². The molecule has 174 valence electrons. The van der Waals surface area contributed by atoms with Crippen LogP contribution in [0.15, 0.2) is 28.8 Å². The van der Waals surface area contributed by atoms with Crippen LogP contribution in [0.4, 0.5) is 4.39 Å². The Labute approximate surface area is 187 Å².